The van der Waals surface area contributed by atoms with Crippen LogP contribution in [0, 0.1) is 5.82 Å². The molecule has 0 radical (unpaired) electrons. The summed E-state index contributed by atoms with van der Waals surface area (Å²) in [6.45, 7) is 3.26. The number of halogens is 2. The van der Waals surface area contributed by atoms with E-state index in [0.717, 1.165) is 19.6 Å². The third-order valence-corrected chi connectivity index (χ3v) is 4.28. The van der Waals surface area contributed by atoms with Crippen LogP contribution in [0.3, 0.4) is 0 Å². The summed E-state index contributed by atoms with van der Waals surface area (Å²) in [4.78, 5) is 14.4. The number of carbonyl (C=O) groups is 1. The molecule has 2 aromatic carbocycles. The quantitative estimate of drug-likeness (QED) is 0.840. The zero-order valence-electron chi connectivity index (χ0n) is 13.2. The number of anilines is 2. The van der Waals surface area contributed by atoms with Crippen molar-refractivity contribution in [2.75, 3.05) is 23.7 Å². The first kappa shape index (κ1) is 16.7. The second-order valence-electron chi connectivity index (χ2n) is 5.89. The smallest absolute Gasteiger partial charge is 0.308 e. The first-order chi connectivity index (χ1) is 11.6. The van der Waals surface area contributed by atoms with Gasteiger partial charge in [-0.1, -0.05) is 23.7 Å². The summed E-state index contributed by atoms with van der Waals surface area (Å²) >= 11 is 5.69. The summed E-state index contributed by atoms with van der Waals surface area (Å²) in [5.41, 5.74) is 2.36. The number of carbonyl (C=O) groups excluding carboxylic acids is 1. The molecule has 2 aromatic rings. The van der Waals surface area contributed by atoms with Crippen molar-refractivity contribution < 1.29 is 9.18 Å². The monoisotopic (exact) mass is 347 g/mol. The fourth-order valence-electron chi connectivity index (χ4n) is 2.76. The summed E-state index contributed by atoms with van der Waals surface area (Å²) in [6.07, 6.45) is 2.54. The van der Waals surface area contributed by atoms with Crippen LogP contribution in [-0.2, 0) is 6.54 Å². The molecule has 0 unspecified atom stereocenters. The number of hydrogen-bond donors (Lipinski definition) is 2. The molecular weight excluding hydrogens is 329 g/mol. The van der Waals surface area contributed by atoms with Crippen molar-refractivity contribution in [2.24, 2.45) is 0 Å². The number of rotatable bonds is 4. The van der Waals surface area contributed by atoms with Gasteiger partial charge in [0.25, 0.3) is 0 Å². The highest BCUT2D eigenvalue weighted by atomic mass is 35.5. The maximum absolute atomic E-state index is 13.1. The average molecular weight is 348 g/mol. The van der Waals surface area contributed by atoms with E-state index in [2.05, 4.69) is 15.5 Å². The molecule has 24 heavy (non-hydrogen) atoms. The maximum atomic E-state index is 13.1. The largest absolute Gasteiger partial charge is 0.323 e. The Bertz CT molecular complexity index is 715. The SMILES string of the molecule is O=C(Nc1ccc(CN2CCCC2)cc1)Nc1ccc(F)c(Cl)c1. The molecule has 0 atom stereocenters. The molecule has 6 heteroatoms. The molecule has 1 heterocycles. The first-order valence-corrected chi connectivity index (χ1v) is 8.32. The average Bonchev–Trinajstić information content (AvgIpc) is 3.06. The summed E-state index contributed by atoms with van der Waals surface area (Å²) in [7, 11) is 0. The minimum absolute atomic E-state index is 0.0286. The lowest BCUT2D eigenvalue weighted by atomic mass is 10.2. The molecule has 2 N–H and O–H groups in total. The molecule has 1 aliphatic heterocycles. The molecule has 126 valence electrons. The molecule has 4 nitrogen and oxygen atoms in total. The Hall–Kier alpha value is -2.11. The van der Waals surface area contributed by atoms with E-state index in [1.165, 1.54) is 36.6 Å². The fraction of sp³-hybridized carbons (Fsp3) is 0.278. The minimum Gasteiger partial charge on any atom is -0.308 e. The molecule has 2 amide bonds. The van der Waals surface area contributed by atoms with E-state index < -0.39 is 11.8 Å². The van der Waals surface area contributed by atoms with Crippen molar-refractivity contribution in [3.05, 3.63) is 58.9 Å². The Morgan fingerprint density at radius 1 is 1.04 bits per heavy atom. The Morgan fingerprint density at radius 2 is 1.67 bits per heavy atom. The number of likely N-dealkylation sites (tertiary alicyclic amines) is 1. The van der Waals surface area contributed by atoms with E-state index in [0.29, 0.717) is 11.4 Å². The summed E-state index contributed by atoms with van der Waals surface area (Å²) in [6, 6.07) is 11.4. The number of nitrogens with zero attached hydrogens (tertiary/aromatic N) is 1. The molecule has 0 bridgehead atoms. The Morgan fingerprint density at radius 3 is 2.33 bits per heavy atom. The van der Waals surface area contributed by atoms with Gasteiger partial charge in [0.15, 0.2) is 0 Å². The lowest BCUT2D eigenvalue weighted by Gasteiger charge is -2.15. The Balaban J connectivity index is 1.54. The third kappa shape index (κ3) is 4.46. The molecule has 1 aliphatic rings. The summed E-state index contributed by atoms with van der Waals surface area (Å²) < 4.78 is 13.1. The van der Waals surface area contributed by atoms with Gasteiger partial charge in [0.2, 0.25) is 0 Å². The van der Waals surface area contributed by atoms with E-state index in [4.69, 9.17) is 11.6 Å². The first-order valence-electron chi connectivity index (χ1n) is 7.94. The van der Waals surface area contributed by atoms with Crippen molar-refractivity contribution in [3.63, 3.8) is 0 Å². The van der Waals surface area contributed by atoms with Crippen molar-refractivity contribution in [1.82, 2.24) is 4.90 Å². The van der Waals surface area contributed by atoms with E-state index >= 15 is 0 Å². The van der Waals surface area contributed by atoms with Crippen LogP contribution in [0.4, 0.5) is 20.6 Å². The van der Waals surface area contributed by atoms with E-state index in [-0.39, 0.29) is 5.02 Å². The lowest BCUT2D eigenvalue weighted by molar-refractivity contribution is 0.262. The van der Waals surface area contributed by atoms with Crippen LogP contribution in [-0.4, -0.2) is 24.0 Å². The van der Waals surface area contributed by atoms with Crippen LogP contribution < -0.4 is 10.6 Å². The molecule has 0 saturated carbocycles. The number of benzene rings is 2. The van der Waals surface area contributed by atoms with Crippen LogP contribution in [0.15, 0.2) is 42.5 Å². The highest BCUT2D eigenvalue weighted by Crippen LogP contribution is 2.20. The van der Waals surface area contributed by atoms with Gasteiger partial charge < -0.3 is 10.6 Å². The van der Waals surface area contributed by atoms with Crippen molar-refractivity contribution in [3.8, 4) is 0 Å². The van der Waals surface area contributed by atoms with Crippen LogP contribution >= 0.6 is 11.6 Å². The highest BCUT2D eigenvalue weighted by Gasteiger charge is 2.11. The number of urea groups is 1. The van der Waals surface area contributed by atoms with Gasteiger partial charge in [0, 0.05) is 17.9 Å². The second-order valence-corrected chi connectivity index (χ2v) is 6.30. The van der Waals surface area contributed by atoms with Gasteiger partial charge in [-0.2, -0.15) is 0 Å². The van der Waals surface area contributed by atoms with Gasteiger partial charge in [0.1, 0.15) is 5.82 Å². The molecule has 1 fully saturated rings. The van der Waals surface area contributed by atoms with Gasteiger partial charge in [-0.25, -0.2) is 9.18 Å². The van der Waals surface area contributed by atoms with Gasteiger partial charge in [0.05, 0.1) is 5.02 Å². The number of hydrogen-bond acceptors (Lipinski definition) is 2. The van der Waals surface area contributed by atoms with Crippen molar-refractivity contribution >= 4 is 29.0 Å². The number of nitrogens with one attached hydrogen (secondary N) is 2. The Kier molecular flexibility index (Phi) is 5.33. The van der Waals surface area contributed by atoms with Crippen LogP contribution in [0.2, 0.25) is 5.02 Å². The molecular formula is C18H19ClFN3O. The standard InChI is InChI=1S/C18H19ClFN3O/c19-16-11-15(7-8-17(16)20)22-18(24)21-14-5-3-13(4-6-14)12-23-9-1-2-10-23/h3-8,11H,1-2,9-10,12H2,(H2,21,22,24). The van der Waals surface area contributed by atoms with Gasteiger partial charge in [-0.15, -0.1) is 0 Å². The molecule has 0 spiro atoms. The topological polar surface area (TPSA) is 44.4 Å². The zero-order valence-corrected chi connectivity index (χ0v) is 13.9. The summed E-state index contributed by atoms with van der Waals surface area (Å²) in [5, 5.41) is 5.34. The predicted octanol–water partition coefficient (Wildman–Crippen LogP) is 4.72. The fourth-order valence-corrected chi connectivity index (χ4v) is 2.94. The van der Waals surface area contributed by atoms with Crippen LogP contribution in [0.5, 0.6) is 0 Å². The zero-order chi connectivity index (χ0) is 16.9. The van der Waals surface area contributed by atoms with Crippen LogP contribution in [0.25, 0.3) is 0 Å². The third-order valence-electron chi connectivity index (χ3n) is 3.99. The lowest BCUT2D eigenvalue weighted by Crippen LogP contribution is -2.20. The van der Waals surface area contributed by atoms with E-state index in [9.17, 15) is 9.18 Å². The minimum atomic E-state index is -0.517. The highest BCUT2D eigenvalue weighted by molar-refractivity contribution is 6.31. The van der Waals surface area contributed by atoms with Gasteiger partial charge in [-0.3, -0.25) is 4.90 Å². The van der Waals surface area contributed by atoms with Crippen LogP contribution in [0.1, 0.15) is 18.4 Å². The van der Waals surface area contributed by atoms with E-state index in [1.807, 2.05) is 24.3 Å². The number of amides is 2. The molecule has 0 aliphatic carbocycles. The van der Waals surface area contributed by atoms with Crippen molar-refractivity contribution in [2.45, 2.75) is 19.4 Å². The predicted molar refractivity (Wildman–Crippen MR) is 95.0 cm³/mol. The maximum Gasteiger partial charge on any atom is 0.323 e. The Labute approximate surface area is 145 Å². The summed E-state index contributed by atoms with van der Waals surface area (Å²) in [5.74, 6) is -0.517. The molecule has 1 saturated heterocycles. The normalized spacial score (nSPS) is 14.6. The molecule has 0 aromatic heterocycles. The van der Waals surface area contributed by atoms with E-state index in [1.54, 1.807) is 0 Å². The van der Waals surface area contributed by atoms with Gasteiger partial charge >= 0.3 is 6.03 Å². The molecule has 3 rings (SSSR count). The van der Waals surface area contributed by atoms with Gasteiger partial charge in [-0.05, 0) is 61.8 Å². The second kappa shape index (κ2) is 7.64. The van der Waals surface area contributed by atoms with Crippen molar-refractivity contribution in [1.29, 1.82) is 0 Å².